The van der Waals surface area contributed by atoms with Crippen LogP contribution in [0.2, 0.25) is 0 Å². The standard InChI is InChI=1S/C15H23N3O5/c1-3-7-22-14-10-15(23-8-4-2)13(18(20)21)9-12(14)11-17-16-5-6-19/h9-11,16,19H,3-8H2,1-2H3. The summed E-state index contributed by atoms with van der Waals surface area (Å²) < 4.78 is 11.1. The van der Waals surface area contributed by atoms with Crippen LogP contribution >= 0.6 is 0 Å². The van der Waals surface area contributed by atoms with Gasteiger partial charge in [-0.05, 0) is 12.8 Å². The second kappa shape index (κ2) is 10.4. The van der Waals surface area contributed by atoms with Crippen LogP contribution in [0.15, 0.2) is 17.2 Å². The van der Waals surface area contributed by atoms with Gasteiger partial charge in [0, 0.05) is 17.7 Å². The van der Waals surface area contributed by atoms with E-state index in [1.807, 2.05) is 13.8 Å². The quantitative estimate of drug-likeness (QED) is 0.279. The van der Waals surface area contributed by atoms with Crippen LogP contribution in [-0.4, -0.2) is 42.6 Å². The molecule has 0 radical (unpaired) electrons. The lowest BCUT2D eigenvalue weighted by atomic mass is 10.1. The highest BCUT2D eigenvalue weighted by Crippen LogP contribution is 2.34. The molecule has 1 aromatic rings. The van der Waals surface area contributed by atoms with E-state index in [4.69, 9.17) is 14.6 Å². The number of aliphatic hydroxyl groups is 1. The van der Waals surface area contributed by atoms with Gasteiger partial charge < -0.3 is 20.0 Å². The highest BCUT2D eigenvalue weighted by atomic mass is 16.6. The highest BCUT2D eigenvalue weighted by Gasteiger charge is 2.19. The van der Waals surface area contributed by atoms with Gasteiger partial charge in [-0.15, -0.1) is 0 Å². The maximum absolute atomic E-state index is 11.2. The summed E-state index contributed by atoms with van der Waals surface area (Å²) in [5, 5.41) is 23.8. The smallest absolute Gasteiger partial charge is 0.311 e. The minimum Gasteiger partial charge on any atom is -0.493 e. The van der Waals surface area contributed by atoms with Crippen LogP contribution in [0.1, 0.15) is 32.3 Å². The molecule has 1 rings (SSSR count). The molecule has 1 aromatic carbocycles. The maximum atomic E-state index is 11.2. The zero-order valence-electron chi connectivity index (χ0n) is 13.4. The van der Waals surface area contributed by atoms with E-state index < -0.39 is 4.92 Å². The highest BCUT2D eigenvalue weighted by molar-refractivity contribution is 5.85. The van der Waals surface area contributed by atoms with Crippen LogP contribution in [0, 0.1) is 10.1 Å². The average molecular weight is 325 g/mol. The number of hydrogen-bond donors (Lipinski definition) is 2. The van der Waals surface area contributed by atoms with Gasteiger partial charge in [-0.25, -0.2) is 0 Å². The molecule has 0 saturated heterocycles. The number of benzene rings is 1. The summed E-state index contributed by atoms with van der Waals surface area (Å²) >= 11 is 0. The predicted octanol–water partition coefficient (Wildman–Crippen LogP) is 2.09. The normalized spacial score (nSPS) is 10.7. The minimum atomic E-state index is -0.493. The molecule has 0 fully saturated rings. The van der Waals surface area contributed by atoms with Crippen molar-refractivity contribution in [3.05, 3.63) is 27.8 Å². The third-order valence-corrected chi connectivity index (χ3v) is 2.73. The van der Waals surface area contributed by atoms with Crippen LogP contribution in [-0.2, 0) is 0 Å². The Morgan fingerprint density at radius 3 is 2.48 bits per heavy atom. The van der Waals surface area contributed by atoms with Crippen LogP contribution in [0.5, 0.6) is 11.5 Å². The third-order valence-electron chi connectivity index (χ3n) is 2.73. The van der Waals surface area contributed by atoms with Crippen LogP contribution < -0.4 is 14.9 Å². The maximum Gasteiger partial charge on any atom is 0.311 e. The van der Waals surface area contributed by atoms with Gasteiger partial charge in [0.2, 0.25) is 5.75 Å². The molecule has 0 aliphatic heterocycles. The molecule has 23 heavy (non-hydrogen) atoms. The number of aliphatic hydroxyl groups excluding tert-OH is 1. The number of nitrogens with one attached hydrogen (secondary N) is 1. The fraction of sp³-hybridized carbons (Fsp3) is 0.533. The van der Waals surface area contributed by atoms with E-state index in [0.717, 1.165) is 12.8 Å². The van der Waals surface area contributed by atoms with E-state index in [-0.39, 0.29) is 18.0 Å². The van der Waals surface area contributed by atoms with Gasteiger partial charge in [-0.3, -0.25) is 10.1 Å². The summed E-state index contributed by atoms with van der Waals surface area (Å²) in [5.74, 6) is 0.654. The van der Waals surface area contributed by atoms with Crippen molar-refractivity contribution in [2.75, 3.05) is 26.4 Å². The van der Waals surface area contributed by atoms with E-state index in [0.29, 0.717) is 31.1 Å². The third kappa shape index (κ3) is 6.11. The van der Waals surface area contributed by atoms with Gasteiger partial charge in [0.25, 0.3) is 0 Å². The van der Waals surface area contributed by atoms with Gasteiger partial charge in [0.1, 0.15) is 5.75 Å². The summed E-state index contributed by atoms with van der Waals surface area (Å²) in [4.78, 5) is 10.7. The lowest BCUT2D eigenvalue weighted by Gasteiger charge is -2.12. The molecule has 0 unspecified atom stereocenters. The molecule has 2 N–H and O–H groups in total. The van der Waals surface area contributed by atoms with Crippen molar-refractivity contribution in [2.45, 2.75) is 26.7 Å². The van der Waals surface area contributed by atoms with Crippen molar-refractivity contribution >= 4 is 11.9 Å². The Bertz CT molecular complexity index is 534. The first-order valence-electron chi connectivity index (χ1n) is 7.58. The van der Waals surface area contributed by atoms with E-state index in [1.165, 1.54) is 18.3 Å². The second-order valence-corrected chi connectivity index (χ2v) is 4.70. The number of nitro groups is 1. The molecule has 0 heterocycles. The SMILES string of the molecule is CCCOc1cc(OCCC)c([N+](=O)[O-])cc1C=NNCCO. The zero-order chi connectivity index (χ0) is 17.1. The largest absolute Gasteiger partial charge is 0.493 e. The molecule has 0 bridgehead atoms. The first kappa shape index (κ1) is 18.7. The Morgan fingerprint density at radius 2 is 1.91 bits per heavy atom. The monoisotopic (exact) mass is 325 g/mol. The lowest BCUT2D eigenvalue weighted by molar-refractivity contribution is -0.385. The van der Waals surface area contributed by atoms with Crippen LogP contribution in [0.4, 0.5) is 5.69 Å². The van der Waals surface area contributed by atoms with E-state index in [2.05, 4.69) is 10.5 Å². The first-order valence-corrected chi connectivity index (χ1v) is 7.58. The lowest BCUT2D eigenvalue weighted by Crippen LogP contribution is -2.11. The summed E-state index contributed by atoms with van der Waals surface area (Å²) in [6.07, 6.45) is 2.98. The minimum absolute atomic E-state index is 0.0551. The van der Waals surface area contributed by atoms with Gasteiger partial charge in [-0.2, -0.15) is 5.10 Å². The number of nitro benzene ring substituents is 1. The molecular formula is C15H23N3O5. The Labute approximate surface area is 135 Å². The summed E-state index contributed by atoms with van der Waals surface area (Å²) in [6, 6.07) is 2.90. The van der Waals surface area contributed by atoms with Crippen molar-refractivity contribution in [3.63, 3.8) is 0 Å². The Hall–Kier alpha value is -2.35. The van der Waals surface area contributed by atoms with Gasteiger partial charge in [0.05, 0.1) is 37.5 Å². The summed E-state index contributed by atoms with van der Waals surface area (Å²) in [6.45, 7) is 5.00. The van der Waals surface area contributed by atoms with Crippen molar-refractivity contribution < 1.29 is 19.5 Å². The molecule has 128 valence electrons. The Kier molecular flexibility index (Phi) is 8.45. The molecular weight excluding hydrogens is 302 g/mol. The van der Waals surface area contributed by atoms with Gasteiger partial charge in [-0.1, -0.05) is 13.8 Å². The molecule has 0 saturated carbocycles. The molecule has 8 nitrogen and oxygen atoms in total. The van der Waals surface area contributed by atoms with E-state index in [9.17, 15) is 10.1 Å². The van der Waals surface area contributed by atoms with E-state index in [1.54, 1.807) is 0 Å². The van der Waals surface area contributed by atoms with Crippen LogP contribution in [0.3, 0.4) is 0 Å². The summed E-state index contributed by atoms with van der Waals surface area (Å²) in [7, 11) is 0. The Balaban J connectivity index is 3.14. The van der Waals surface area contributed by atoms with Crippen molar-refractivity contribution in [2.24, 2.45) is 5.10 Å². The summed E-state index contributed by atoms with van der Waals surface area (Å²) in [5.41, 5.74) is 2.97. The topological polar surface area (TPSA) is 106 Å². The van der Waals surface area contributed by atoms with E-state index >= 15 is 0 Å². The number of nitrogens with zero attached hydrogens (tertiary/aromatic N) is 2. The molecule has 0 amide bonds. The fourth-order valence-corrected chi connectivity index (χ4v) is 1.70. The second-order valence-electron chi connectivity index (χ2n) is 4.70. The molecule has 0 aliphatic carbocycles. The molecule has 0 aromatic heterocycles. The van der Waals surface area contributed by atoms with Crippen molar-refractivity contribution in [1.29, 1.82) is 0 Å². The van der Waals surface area contributed by atoms with Gasteiger partial charge in [0.15, 0.2) is 0 Å². The van der Waals surface area contributed by atoms with Gasteiger partial charge >= 0.3 is 5.69 Å². The predicted molar refractivity (Wildman–Crippen MR) is 87.4 cm³/mol. The molecule has 0 spiro atoms. The number of ether oxygens (including phenoxy) is 2. The molecule has 8 heteroatoms. The molecule has 0 atom stereocenters. The van der Waals surface area contributed by atoms with Crippen molar-refractivity contribution in [3.8, 4) is 11.5 Å². The molecule has 0 aliphatic rings. The zero-order valence-corrected chi connectivity index (χ0v) is 13.4. The first-order chi connectivity index (χ1) is 11.1. The van der Waals surface area contributed by atoms with Crippen LogP contribution in [0.25, 0.3) is 0 Å². The number of hydrogen-bond acceptors (Lipinski definition) is 7. The number of hydrazone groups is 1. The van der Waals surface area contributed by atoms with Crippen molar-refractivity contribution in [1.82, 2.24) is 5.43 Å². The average Bonchev–Trinajstić information content (AvgIpc) is 2.55. The Morgan fingerprint density at radius 1 is 1.26 bits per heavy atom. The fourth-order valence-electron chi connectivity index (χ4n) is 1.70. The number of rotatable bonds is 11.